The van der Waals surface area contributed by atoms with Gasteiger partial charge in [0.1, 0.15) is 5.75 Å². The normalized spacial score (nSPS) is 23.6. The maximum Gasteiger partial charge on any atom is 0.230 e. The zero-order chi connectivity index (χ0) is 18.0. The fourth-order valence-electron chi connectivity index (χ4n) is 4.10. The molecule has 3 rings (SSSR count). The van der Waals surface area contributed by atoms with E-state index in [2.05, 4.69) is 0 Å². The number of piperidine rings is 1. The van der Waals surface area contributed by atoms with Crippen molar-refractivity contribution in [2.24, 2.45) is 11.3 Å². The number of carbonyl (C=O) groups is 2. The first-order chi connectivity index (χ1) is 11.9. The number of hydrogen-bond acceptors (Lipinski definition) is 3. The summed E-state index contributed by atoms with van der Waals surface area (Å²) in [6.45, 7) is 6.52. The first kappa shape index (κ1) is 17.8. The molecule has 2 aliphatic rings. The molecule has 1 aromatic carbocycles. The van der Waals surface area contributed by atoms with Gasteiger partial charge in [0, 0.05) is 32.1 Å². The first-order valence-corrected chi connectivity index (χ1v) is 9.16. The Bertz CT molecular complexity index is 658. The SMILES string of the molecule is COc1cccc(CN2CCC[C@]3(CCN(C(=O)C(C)C)C3)C2=O)c1. The van der Waals surface area contributed by atoms with Crippen molar-refractivity contribution in [3.63, 3.8) is 0 Å². The fourth-order valence-corrected chi connectivity index (χ4v) is 4.10. The van der Waals surface area contributed by atoms with Crippen molar-refractivity contribution in [3.05, 3.63) is 29.8 Å². The second-order valence-electron chi connectivity index (χ2n) is 7.63. The van der Waals surface area contributed by atoms with Crippen molar-refractivity contribution in [2.45, 2.75) is 39.7 Å². The number of ether oxygens (including phenoxy) is 1. The number of benzene rings is 1. The molecule has 2 heterocycles. The maximum atomic E-state index is 13.2. The maximum absolute atomic E-state index is 13.2. The third kappa shape index (κ3) is 3.51. The molecular weight excluding hydrogens is 316 g/mol. The van der Waals surface area contributed by atoms with Crippen molar-refractivity contribution in [2.75, 3.05) is 26.7 Å². The highest BCUT2D eigenvalue weighted by molar-refractivity contribution is 5.86. The molecule has 2 aliphatic heterocycles. The summed E-state index contributed by atoms with van der Waals surface area (Å²) in [5, 5.41) is 0. The molecule has 2 fully saturated rings. The lowest BCUT2D eigenvalue weighted by Gasteiger charge is -2.39. The van der Waals surface area contributed by atoms with Crippen LogP contribution in [0, 0.1) is 11.3 Å². The van der Waals surface area contributed by atoms with Gasteiger partial charge in [-0.25, -0.2) is 0 Å². The van der Waals surface area contributed by atoms with E-state index in [1.807, 2.05) is 47.9 Å². The molecule has 1 aromatic rings. The molecule has 5 nitrogen and oxygen atoms in total. The van der Waals surface area contributed by atoms with Gasteiger partial charge in [0.15, 0.2) is 0 Å². The van der Waals surface area contributed by atoms with E-state index >= 15 is 0 Å². The molecule has 0 saturated carbocycles. The lowest BCUT2D eigenvalue weighted by atomic mass is 9.78. The monoisotopic (exact) mass is 344 g/mol. The quantitative estimate of drug-likeness (QED) is 0.844. The summed E-state index contributed by atoms with van der Waals surface area (Å²) >= 11 is 0. The topological polar surface area (TPSA) is 49.9 Å². The average Bonchev–Trinajstić information content (AvgIpc) is 3.03. The molecule has 2 amide bonds. The van der Waals surface area contributed by atoms with Crippen LogP contribution in [-0.2, 0) is 16.1 Å². The van der Waals surface area contributed by atoms with Crippen LogP contribution in [0.3, 0.4) is 0 Å². The van der Waals surface area contributed by atoms with E-state index in [0.717, 1.165) is 37.1 Å². The molecule has 1 spiro atoms. The summed E-state index contributed by atoms with van der Waals surface area (Å²) in [6.07, 6.45) is 2.68. The molecule has 0 N–H and O–H groups in total. The summed E-state index contributed by atoms with van der Waals surface area (Å²) in [7, 11) is 1.65. The van der Waals surface area contributed by atoms with Gasteiger partial charge in [-0.05, 0) is 37.0 Å². The van der Waals surface area contributed by atoms with Crippen LogP contribution in [0.15, 0.2) is 24.3 Å². The van der Waals surface area contributed by atoms with Crippen molar-refractivity contribution in [1.29, 1.82) is 0 Å². The Morgan fingerprint density at radius 1 is 1.28 bits per heavy atom. The van der Waals surface area contributed by atoms with Gasteiger partial charge >= 0.3 is 0 Å². The standard InChI is InChI=1S/C20H28N2O3/c1-15(2)18(23)22-11-9-20(14-22)8-5-10-21(19(20)24)13-16-6-4-7-17(12-16)25-3/h4,6-7,12,15H,5,8-11,13-14H2,1-3H3/t20-/m1/s1. The Morgan fingerprint density at radius 3 is 2.80 bits per heavy atom. The lowest BCUT2D eigenvalue weighted by molar-refractivity contribution is -0.147. The molecule has 0 unspecified atom stereocenters. The predicted molar refractivity (Wildman–Crippen MR) is 96.1 cm³/mol. The van der Waals surface area contributed by atoms with E-state index in [1.165, 1.54) is 0 Å². The summed E-state index contributed by atoms with van der Waals surface area (Å²) in [5.74, 6) is 1.17. The highest BCUT2D eigenvalue weighted by Crippen LogP contribution is 2.41. The van der Waals surface area contributed by atoms with Crippen LogP contribution in [0.4, 0.5) is 0 Å². The average molecular weight is 344 g/mol. The number of rotatable bonds is 4. The predicted octanol–water partition coefficient (Wildman–Crippen LogP) is 2.69. The lowest BCUT2D eigenvalue weighted by Crippen LogP contribution is -2.50. The molecule has 25 heavy (non-hydrogen) atoms. The summed E-state index contributed by atoms with van der Waals surface area (Å²) in [6, 6.07) is 7.88. The molecule has 0 aliphatic carbocycles. The van der Waals surface area contributed by atoms with Crippen LogP contribution in [0.2, 0.25) is 0 Å². The number of amides is 2. The van der Waals surface area contributed by atoms with E-state index in [4.69, 9.17) is 4.74 Å². The second kappa shape index (κ2) is 7.06. The van der Waals surface area contributed by atoms with Gasteiger partial charge < -0.3 is 14.5 Å². The molecule has 1 atom stereocenters. The van der Waals surface area contributed by atoms with E-state index in [0.29, 0.717) is 19.6 Å². The van der Waals surface area contributed by atoms with Crippen LogP contribution in [0.5, 0.6) is 5.75 Å². The van der Waals surface area contributed by atoms with Crippen molar-refractivity contribution in [1.82, 2.24) is 9.80 Å². The number of nitrogens with zero attached hydrogens (tertiary/aromatic N) is 2. The number of carbonyl (C=O) groups excluding carboxylic acids is 2. The zero-order valence-electron chi connectivity index (χ0n) is 15.5. The van der Waals surface area contributed by atoms with Crippen LogP contribution in [-0.4, -0.2) is 48.4 Å². The Morgan fingerprint density at radius 2 is 2.08 bits per heavy atom. The van der Waals surface area contributed by atoms with Gasteiger partial charge in [-0.3, -0.25) is 9.59 Å². The van der Waals surface area contributed by atoms with Crippen molar-refractivity contribution < 1.29 is 14.3 Å². The molecular formula is C20H28N2O3. The third-order valence-electron chi connectivity index (χ3n) is 5.49. The third-order valence-corrected chi connectivity index (χ3v) is 5.49. The molecule has 2 saturated heterocycles. The molecule has 136 valence electrons. The molecule has 0 radical (unpaired) electrons. The van der Waals surface area contributed by atoms with E-state index in [-0.39, 0.29) is 23.1 Å². The molecule has 0 bridgehead atoms. The zero-order valence-corrected chi connectivity index (χ0v) is 15.5. The fraction of sp³-hybridized carbons (Fsp3) is 0.600. The van der Waals surface area contributed by atoms with E-state index < -0.39 is 0 Å². The van der Waals surface area contributed by atoms with Gasteiger partial charge in [-0.1, -0.05) is 26.0 Å². The first-order valence-electron chi connectivity index (χ1n) is 9.16. The van der Waals surface area contributed by atoms with E-state index in [9.17, 15) is 9.59 Å². The highest BCUT2D eigenvalue weighted by Gasteiger charge is 2.49. The minimum absolute atomic E-state index is 0.0123. The van der Waals surface area contributed by atoms with Gasteiger partial charge in [-0.15, -0.1) is 0 Å². The Kier molecular flexibility index (Phi) is 5.02. The van der Waals surface area contributed by atoms with Crippen molar-refractivity contribution in [3.8, 4) is 5.75 Å². The minimum Gasteiger partial charge on any atom is -0.497 e. The van der Waals surface area contributed by atoms with Crippen LogP contribution < -0.4 is 4.74 Å². The van der Waals surface area contributed by atoms with Crippen LogP contribution in [0.25, 0.3) is 0 Å². The van der Waals surface area contributed by atoms with Crippen molar-refractivity contribution >= 4 is 11.8 Å². The van der Waals surface area contributed by atoms with Gasteiger partial charge in [0.05, 0.1) is 12.5 Å². The molecule has 0 aromatic heterocycles. The minimum atomic E-state index is -0.373. The summed E-state index contributed by atoms with van der Waals surface area (Å²) in [4.78, 5) is 29.4. The van der Waals surface area contributed by atoms with Crippen LogP contribution in [0.1, 0.15) is 38.7 Å². The largest absolute Gasteiger partial charge is 0.497 e. The van der Waals surface area contributed by atoms with Gasteiger partial charge in [0.25, 0.3) is 0 Å². The number of hydrogen-bond donors (Lipinski definition) is 0. The smallest absolute Gasteiger partial charge is 0.230 e. The van der Waals surface area contributed by atoms with Gasteiger partial charge in [-0.2, -0.15) is 0 Å². The Labute approximate surface area is 149 Å². The van der Waals surface area contributed by atoms with E-state index in [1.54, 1.807) is 7.11 Å². The highest BCUT2D eigenvalue weighted by atomic mass is 16.5. The summed E-state index contributed by atoms with van der Waals surface area (Å²) < 4.78 is 5.28. The number of likely N-dealkylation sites (tertiary alicyclic amines) is 2. The second-order valence-corrected chi connectivity index (χ2v) is 7.63. The molecule has 5 heteroatoms. The Hall–Kier alpha value is -2.04. The Balaban J connectivity index is 1.72. The summed E-state index contributed by atoms with van der Waals surface area (Å²) in [5.41, 5.74) is 0.708. The number of methoxy groups -OCH3 is 1. The van der Waals surface area contributed by atoms with Gasteiger partial charge in [0.2, 0.25) is 11.8 Å². The van der Waals surface area contributed by atoms with Crippen LogP contribution >= 0.6 is 0 Å².